The smallest absolute Gasteiger partial charge is 0.330 e. The number of thiazole rings is 1. The number of nitrogens with one attached hydrogen (secondary N) is 1. The lowest BCUT2D eigenvalue weighted by atomic mass is 10.1. The van der Waals surface area contributed by atoms with Gasteiger partial charge in [-0.25, -0.2) is 14.8 Å². The van der Waals surface area contributed by atoms with Crippen LogP contribution < -0.4 is 10.1 Å². The number of hydrogen-bond donors (Lipinski definition) is 1. The highest BCUT2D eigenvalue weighted by atomic mass is 32.1. The van der Waals surface area contributed by atoms with Gasteiger partial charge in [-0.3, -0.25) is 4.98 Å². The Bertz CT molecular complexity index is 1320. The zero-order valence-electron chi connectivity index (χ0n) is 18.1. The largest absolute Gasteiger partial charge is 0.425 e. The maximum atomic E-state index is 12.2. The summed E-state index contributed by atoms with van der Waals surface area (Å²) in [4.78, 5) is 26.3. The topological polar surface area (TPSA) is 77.0 Å². The van der Waals surface area contributed by atoms with E-state index in [1.807, 2.05) is 48.5 Å². The zero-order chi connectivity index (χ0) is 23.2. The van der Waals surface area contributed by atoms with Crippen LogP contribution in [0.1, 0.15) is 0 Å². The van der Waals surface area contributed by atoms with E-state index in [0.29, 0.717) is 11.6 Å². The fraction of sp³-hybridized carbons (Fsp3) is 0.0370. The van der Waals surface area contributed by atoms with Gasteiger partial charge in [0.2, 0.25) is 0 Å². The number of rotatable bonds is 7. The second-order valence-corrected chi connectivity index (χ2v) is 8.37. The van der Waals surface area contributed by atoms with Gasteiger partial charge in [0, 0.05) is 23.5 Å². The molecule has 34 heavy (non-hydrogen) atoms. The third-order valence-electron chi connectivity index (χ3n) is 5.02. The van der Waals surface area contributed by atoms with Crippen LogP contribution in [0.15, 0.2) is 104 Å². The van der Waals surface area contributed by atoms with Gasteiger partial charge in [0.25, 0.3) is 0 Å². The van der Waals surface area contributed by atoms with Gasteiger partial charge in [-0.2, -0.15) is 0 Å². The minimum atomic E-state index is -0.412. The molecule has 0 unspecified atom stereocenters. The molecular formula is C27H20N4O2S. The highest BCUT2D eigenvalue weighted by Gasteiger charge is 2.16. The lowest BCUT2D eigenvalue weighted by Gasteiger charge is -2.06. The van der Waals surface area contributed by atoms with E-state index in [-0.39, 0.29) is 6.54 Å². The lowest BCUT2D eigenvalue weighted by Crippen LogP contribution is -2.20. The molecule has 2 heterocycles. The van der Waals surface area contributed by atoms with E-state index in [0.717, 1.165) is 32.3 Å². The summed E-state index contributed by atoms with van der Waals surface area (Å²) in [6.45, 7) is -0.00615. The second-order valence-electron chi connectivity index (χ2n) is 7.37. The van der Waals surface area contributed by atoms with Crippen molar-refractivity contribution in [2.45, 2.75) is 0 Å². The van der Waals surface area contributed by atoms with Crippen LogP contribution in [0.4, 0.5) is 5.82 Å². The fourth-order valence-corrected chi connectivity index (χ4v) is 4.50. The predicted molar refractivity (Wildman–Crippen MR) is 135 cm³/mol. The molecule has 0 fully saturated rings. The van der Waals surface area contributed by atoms with Crippen LogP contribution in [-0.4, -0.2) is 27.5 Å². The zero-order valence-corrected chi connectivity index (χ0v) is 18.9. The second kappa shape index (κ2) is 10.1. The standard InChI is InChI=1S/C27H20N4O2S/c32-24(18-30-23-17-28-15-16-29-23)33-22-13-11-21(12-14-22)27-31-25(19-7-3-1-4-8-19)26(34-27)20-9-5-2-6-10-20/h1-17H,18H2,(H,29,30). The Hall–Kier alpha value is -4.36. The summed E-state index contributed by atoms with van der Waals surface area (Å²) in [5, 5.41) is 3.79. The first-order chi connectivity index (χ1) is 16.8. The van der Waals surface area contributed by atoms with Crippen LogP contribution in [-0.2, 0) is 4.79 Å². The van der Waals surface area contributed by atoms with Gasteiger partial charge in [-0.05, 0) is 29.8 Å². The van der Waals surface area contributed by atoms with Gasteiger partial charge >= 0.3 is 5.97 Å². The van der Waals surface area contributed by atoms with Gasteiger partial charge in [0.05, 0.1) is 16.8 Å². The summed E-state index contributed by atoms with van der Waals surface area (Å²) in [7, 11) is 0. The number of carbonyl (C=O) groups is 1. The van der Waals surface area contributed by atoms with Crippen molar-refractivity contribution in [1.29, 1.82) is 0 Å². The molecule has 0 aliphatic rings. The number of nitrogens with zero attached hydrogens (tertiary/aromatic N) is 3. The molecule has 0 amide bonds. The SMILES string of the molecule is O=C(CNc1cnccn1)Oc1ccc(-c2nc(-c3ccccc3)c(-c3ccccc3)s2)cc1. The molecule has 0 saturated carbocycles. The third-order valence-corrected chi connectivity index (χ3v) is 6.17. The van der Waals surface area contributed by atoms with Gasteiger partial charge in [-0.1, -0.05) is 60.7 Å². The normalized spacial score (nSPS) is 10.6. The Morgan fingerprint density at radius 2 is 1.53 bits per heavy atom. The van der Waals surface area contributed by atoms with Crippen LogP contribution in [0.25, 0.3) is 32.3 Å². The van der Waals surface area contributed by atoms with E-state index in [1.165, 1.54) is 0 Å². The van der Waals surface area contributed by atoms with E-state index in [4.69, 9.17) is 9.72 Å². The maximum Gasteiger partial charge on any atom is 0.330 e. The number of esters is 1. The van der Waals surface area contributed by atoms with Crippen LogP contribution in [0.2, 0.25) is 0 Å². The number of ether oxygens (including phenoxy) is 1. The Labute approximate surface area is 201 Å². The van der Waals surface area contributed by atoms with Crippen molar-refractivity contribution in [1.82, 2.24) is 15.0 Å². The first kappa shape index (κ1) is 21.5. The molecule has 0 atom stereocenters. The molecule has 6 nitrogen and oxygen atoms in total. The molecule has 0 radical (unpaired) electrons. The molecule has 2 aromatic heterocycles. The van der Waals surface area contributed by atoms with Crippen molar-refractivity contribution in [3.8, 4) is 38.0 Å². The van der Waals surface area contributed by atoms with Crippen molar-refractivity contribution >= 4 is 23.1 Å². The summed E-state index contributed by atoms with van der Waals surface area (Å²) in [5.41, 5.74) is 4.12. The quantitative estimate of drug-likeness (QED) is 0.237. The molecule has 0 spiro atoms. The van der Waals surface area contributed by atoms with E-state index in [9.17, 15) is 4.79 Å². The number of anilines is 1. The summed E-state index contributed by atoms with van der Waals surface area (Å²) >= 11 is 1.64. The van der Waals surface area contributed by atoms with Crippen LogP contribution in [0.3, 0.4) is 0 Å². The Balaban J connectivity index is 1.35. The maximum absolute atomic E-state index is 12.2. The van der Waals surface area contributed by atoms with E-state index in [1.54, 1.807) is 42.1 Å². The first-order valence-corrected chi connectivity index (χ1v) is 11.5. The monoisotopic (exact) mass is 464 g/mol. The molecule has 5 aromatic rings. The van der Waals surface area contributed by atoms with Crippen LogP contribution in [0, 0.1) is 0 Å². The number of benzene rings is 3. The summed E-state index contributed by atoms with van der Waals surface area (Å²) in [6, 6.07) is 27.9. The van der Waals surface area contributed by atoms with Crippen LogP contribution >= 0.6 is 11.3 Å². The van der Waals surface area contributed by atoms with E-state index < -0.39 is 5.97 Å². The van der Waals surface area contributed by atoms with Gasteiger partial charge in [0.1, 0.15) is 23.1 Å². The minimum Gasteiger partial charge on any atom is -0.425 e. The number of aromatic nitrogens is 3. The van der Waals surface area contributed by atoms with Crippen molar-refractivity contribution < 1.29 is 9.53 Å². The Morgan fingerprint density at radius 1 is 0.824 bits per heavy atom. The molecule has 1 N–H and O–H groups in total. The van der Waals surface area contributed by atoms with E-state index in [2.05, 4.69) is 39.6 Å². The van der Waals surface area contributed by atoms with Crippen molar-refractivity contribution in [2.75, 3.05) is 11.9 Å². The third kappa shape index (κ3) is 5.00. The molecule has 0 aliphatic heterocycles. The molecule has 0 saturated heterocycles. The number of carbonyl (C=O) groups excluding carboxylic acids is 1. The first-order valence-electron chi connectivity index (χ1n) is 10.7. The van der Waals surface area contributed by atoms with Crippen molar-refractivity contribution in [2.24, 2.45) is 0 Å². The van der Waals surface area contributed by atoms with Crippen molar-refractivity contribution in [3.05, 3.63) is 104 Å². The summed E-state index contributed by atoms with van der Waals surface area (Å²) in [5.74, 6) is 0.574. The summed E-state index contributed by atoms with van der Waals surface area (Å²) < 4.78 is 5.43. The Morgan fingerprint density at radius 3 is 2.21 bits per heavy atom. The molecule has 166 valence electrons. The predicted octanol–water partition coefficient (Wildman–Crippen LogP) is 5.95. The minimum absolute atomic E-state index is 0.00615. The highest BCUT2D eigenvalue weighted by molar-refractivity contribution is 7.19. The molecule has 3 aromatic carbocycles. The lowest BCUT2D eigenvalue weighted by molar-refractivity contribution is -0.132. The molecule has 5 rings (SSSR count). The molecular weight excluding hydrogens is 444 g/mol. The fourth-order valence-electron chi connectivity index (χ4n) is 3.41. The van der Waals surface area contributed by atoms with Crippen LogP contribution in [0.5, 0.6) is 5.75 Å². The highest BCUT2D eigenvalue weighted by Crippen LogP contribution is 2.40. The Kier molecular flexibility index (Phi) is 6.36. The molecule has 7 heteroatoms. The summed E-state index contributed by atoms with van der Waals surface area (Å²) in [6.07, 6.45) is 4.67. The molecule has 0 bridgehead atoms. The average molecular weight is 465 g/mol. The van der Waals surface area contributed by atoms with Crippen molar-refractivity contribution in [3.63, 3.8) is 0 Å². The molecule has 0 aliphatic carbocycles. The van der Waals surface area contributed by atoms with Gasteiger partial charge in [-0.15, -0.1) is 11.3 Å². The van der Waals surface area contributed by atoms with E-state index >= 15 is 0 Å². The van der Waals surface area contributed by atoms with Gasteiger partial charge in [0.15, 0.2) is 0 Å². The van der Waals surface area contributed by atoms with Gasteiger partial charge < -0.3 is 10.1 Å². The number of hydrogen-bond acceptors (Lipinski definition) is 7. The average Bonchev–Trinajstić information content (AvgIpc) is 3.35.